The summed E-state index contributed by atoms with van der Waals surface area (Å²) < 4.78 is 10.4. The molecule has 0 saturated carbocycles. The van der Waals surface area contributed by atoms with Gasteiger partial charge in [0.05, 0.1) is 12.7 Å². The number of ether oxygens (including phenoxy) is 2. The second-order valence-corrected chi connectivity index (χ2v) is 5.23. The molecule has 0 radical (unpaired) electrons. The molecule has 0 bridgehead atoms. The summed E-state index contributed by atoms with van der Waals surface area (Å²) in [5.41, 5.74) is 0.977. The summed E-state index contributed by atoms with van der Waals surface area (Å²) in [6.07, 6.45) is 0.878. The number of aryl methyl sites for hydroxylation is 1. The topological polar surface area (TPSA) is 59.3 Å². The minimum Gasteiger partial charge on any atom is -0.495 e. The Bertz CT molecular complexity index is 495. The van der Waals surface area contributed by atoms with Crippen LogP contribution in [0.3, 0.4) is 0 Å². The fourth-order valence-corrected chi connectivity index (χ4v) is 1.62. The van der Waals surface area contributed by atoms with Crippen molar-refractivity contribution in [3.8, 4) is 11.8 Å². The number of hydrogen-bond donors (Lipinski definition) is 0. The van der Waals surface area contributed by atoms with Gasteiger partial charge >= 0.3 is 5.97 Å². The summed E-state index contributed by atoms with van der Waals surface area (Å²) in [5, 5.41) is 8.88. The fraction of sp³-hybridized carbons (Fsp3) is 0.467. The first-order valence-electron chi connectivity index (χ1n) is 6.14. The number of hydrogen-bond acceptors (Lipinski definition) is 4. The largest absolute Gasteiger partial charge is 0.495 e. The van der Waals surface area contributed by atoms with Gasteiger partial charge in [-0.1, -0.05) is 6.07 Å². The molecule has 0 spiro atoms. The molecular weight excluding hydrogens is 242 g/mol. The Labute approximate surface area is 113 Å². The molecule has 1 rings (SSSR count). The number of benzene rings is 1. The van der Waals surface area contributed by atoms with Crippen LogP contribution in [-0.4, -0.2) is 18.7 Å². The Morgan fingerprint density at radius 3 is 2.58 bits per heavy atom. The minimum absolute atomic E-state index is 0.226. The molecule has 0 N–H and O–H groups in total. The molecule has 0 aromatic heterocycles. The van der Waals surface area contributed by atoms with Crippen LogP contribution >= 0.6 is 0 Å². The number of nitriles is 1. The van der Waals surface area contributed by atoms with Crippen molar-refractivity contribution in [3.05, 3.63) is 29.3 Å². The lowest BCUT2D eigenvalue weighted by Gasteiger charge is -2.19. The van der Waals surface area contributed by atoms with Crippen LogP contribution in [0.5, 0.6) is 5.75 Å². The highest BCUT2D eigenvalue weighted by atomic mass is 16.6. The normalized spacial score (nSPS) is 10.7. The zero-order valence-electron chi connectivity index (χ0n) is 11.8. The van der Waals surface area contributed by atoms with E-state index >= 15 is 0 Å². The molecule has 0 fully saturated rings. The van der Waals surface area contributed by atoms with Gasteiger partial charge in [-0.05, 0) is 44.9 Å². The Balaban J connectivity index is 2.64. The maximum Gasteiger partial charge on any atom is 0.306 e. The molecule has 4 nitrogen and oxygen atoms in total. The van der Waals surface area contributed by atoms with Crippen molar-refractivity contribution in [2.75, 3.05) is 7.11 Å². The van der Waals surface area contributed by atoms with Crippen LogP contribution < -0.4 is 4.74 Å². The summed E-state index contributed by atoms with van der Waals surface area (Å²) in [4.78, 5) is 11.6. The van der Waals surface area contributed by atoms with E-state index < -0.39 is 5.60 Å². The van der Waals surface area contributed by atoms with Crippen LogP contribution in [0.25, 0.3) is 0 Å². The molecule has 0 amide bonds. The lowest BCUT2D eigenvalue weighted by Crippen LogP contribution is -2.24. The molecule has 19 heavy (non-hydrogen) atoms. The first-order chi connectivity index (χ1) is 8.85. The standard InChI is InChI=1S/C15H19NO3/c1-15(2,3)19-14(17)8-6-11-5-7-12(10-16)13(9-11)18-4/h5,7,9H,6,8H2,1-4H3. The predicted molar refractivity (Wildman–Crippen MR) is 71.9 cm³/mol. The second-order valence-electron chi connectivity index (χ2n) is 5.23. The molecule has 0 saturated heterocycles. The van der Waals surface area contributed by atoms with E-state index in [1.807, 2.05) is 26.8 Å². The Morgan fingerprint density at radius 1 is 1.37 bits per heavy atom. The van der Waals surface area contributed by atoms with Crippen LogP contribution in [0.4, 0.5) is 0 Å². The van der Waals surface area contributed by atoms with E-state index in [4.69, 9.17) is 14.7 Å². The van der Waals surface area contributed by atoms with Crippen molar-refractivity contribution in [2.24, 2.45) is 0 Å². The van der Waals surface area contributed by atoms with Crippen molar-refractivity contribution in [1.82, 2.24) is 0 Å². The lowest BCUT2D eigenvalue weighted by atomic mass is 10.1. The number of carbonyl (C=O) groups excluding carboxylic acids is 1. The molecule has 0 atom stereocenters. The lowest BCUT2D eigenvalue weighted by molar-refractivity contribution is -0.154. The summed E-state index contributed by atoms with van der Waals surface area (Å²) in [6, 6.07) is 7.36. The van der Waals surface area contributed by atoms with Crippen molar-refractivity contribution in [2.45, 2.75) is 39.2 Å². The predicted octanol–water partition coefficient (Wildman–Crippen LogP) is 2.84. The van der Waals surface area contributed by atoms with Gasteiger partial charge in [0, 0.05) is 6.42 Å². The molecule has 0 aliphatic carbocycles. The quantitative estimate of drug-likeness (QED) is 0.782. The molecule has 0 aliphatic heterocycles. The van der Waals surface area contributed by atoms with Gasteiger partial charge in [-0.2, -0.15) is 5.26 Å². The van der Waals surface area contributed by atoms with Gasteiger partial charge in [-0.25, -0.2) is 0 Å². The molecule has 1 aromatic carbocycles. The SMILES string of the molecule is COc1cc(CCC(=O)OC(C)(C)C)ccc1C#N. The van der Waals surface area contributed by atoms with Crippen LogP contribution in [0.1, 0.15) is 38.3 Å². The number of rotatable bonds is 4. The Kier molecular flexibility index (Phi) is 4.94. The van der Waals surface area contributed by atoms with E-state index in [-0.39, 0.29) is 5.97 Å². The van der Waals surface area contributed by atoms with Gasteiger partial charge in [0.15, 0.2) is 0 Å². The third-order valence-electron chi connectivity index (χ3n) is 2.42. The smallest absolute Gasteiger partial charge is 0.306 e. The van der Waals surface area contributed by atoms with E-state index in [0.29, 0.717) is 24.2 Å². The van der Waals surface area contributed by atoms with Crippen molar-refractivity contribution >= 4 is 5.97 Å². The van der Waals surface area contributed by atoms with Gasteiger partial charge in [0.1, 0.15) is 17.4 Å². The molecular formula is C15H19NO3. The van der Waals surface area contributed by atoms with Gasteiger partial charge < -0.3 is 9.47 Å². The highest BCUT2D eigenvalue weighted by Gasteiger charge is 2.16. The van der Waals surface area contributed by atoms with E-state index in [0.717, 1.165) is 5.56 Å². The van der Waals surface area contributed by atoms with E-state index in [9.17, 15) is 4.79 Å². The highest BCUT2D eigenvalue weighted by Crippen LogP contribution is 2.20. The average Bonchev–Trinajstić information content (AvgIpc) is 2.33. The number of methoxy groups -OCH3 is 1. The Hall–Kier alpha value is -2.02. The summed E-state index contributed by atoms with van der Waals surface area (Å²) in [7, 11) is 1.52. The van der Waals surface area contributed by atoms with Gasteiger partial charge in [-0.3, -0.25) is 4.79 Å². The highest BCUT2D eigenvalue weighted by molar-refractivity contribution is 5.70. The summed E-state index contributed by atoms with van der Waals surface area (Å²) in [5.74, 6) is 0.306. The molecule has 0 aliphatic rings. The third-order valence-corrected chi connectivity index (χ3v) is 2.42. The zero-order valence-corrected chi connectivity index (χ0v) is 11.8. The molecule has 0 heterocycles. The van der Waals surface area contributed by atoms with Crippen LogP contribution in [0.2, 0.25) is 0 Å². The minimum atomic E-state index is -0.459. The van der Waals surface area contributed by atoms with Gasteiger partial charge in [-0.15, -0.1) is 0 Å². The van der Waals surface area contributed by atoms with E-state index in [1.54, 1.807) is 12.1 Å². The van der Waals surface area contributed by atoms with Crippen molar-refractivity contribution < 1.29 is 14.3 Å². The first kappa shape index (κ1) is 15.0. The monoisotopic (exact) mass is 261 g/mol. The van der Waals surface area contributed by atoms with Crippen molar-refractivity contribution in [3.63, 3.8) is 0 Å². The second kappa shape index (κ2) is 6.24. The molecule has 102 valence electrons. The van der Waals surface area contributed by atoms with Gasteiger partial charge in [0.2, 0.25) is 0 Å². The maximum atomic E-state index is 11.6. The fourth-order valence-electron chi connectivity index (χ4n) is 1.62. The van der Waals surface area contributed by atoms with Crippen LogP contribution in [0.15, 0.2) is 18.2 Å². The van der Waals surface area contributed by atoms with Crippen LogP contribution in [-0.2, 0) is 16.0 Å². The summed E-state index contributed by atoms with van der Waals surface area (Å²) >= 11 is 0. The number of esters is 1. The summed E-state index contributed by atoms with van der Waals surface area (Å²) in [6.45, 7) is 5.53. The first-order valence-corrected chi connectivity index (χ1v) is 6.14. The zero-order chi connectivity index (χ0) is 14.5. The average molecular weight is 261 g/mol. The Morgan fingerprint density at radius 2 is 2.05 bits per heavy atom. The molecule has 1 aromatic rings. The van der Waals surface area contributed by atoms with Crippen molar-refractivity contribution in [1.29, 1.82) is 5.26 Å². The number of carbonyl (C=O) groups is 1. The van der Waals surface area contributed by atoms with E-state index in [2.05, 4.69) is 6.07 Å². The maximum absolute atomic E-state index is 11.6. The third kappa shape index (κ3) is 5.01. The molecule has 0 unspecified atom stereocenters. The van der Waals surface area contributed by atoms with E-state index in [1.165, 1.54) is 7.11 Å². The molecule has 4 heteroatoms. The van der Waals surface area contributed by atoms with Crippen LogP contribution in [0, 0.1) is 11.3 Å². The number of nitrogens with zero attached hydrogens (tertiary/aromatic N) is 1. The van der Waals surface area contributed by atoms with Gasteiger partial charge in [0.25, 0.3) is 0 Å².